The number of aliphatic imine (C=N–C) groups is 1. The monoisotopic (exact) mass is 349 g/mol. The van der Waals surface area contributed by atoms with Crippen LogP contribution in [0, 0.1) is 6.92 Å². The number of likely N-dealkylation sites (tertiary alicyclic amines) is 1. The van der Waals surface area contributed by atoms with Crippen LogP contribution in [0.4, 0.5) is 0 Å². The summed E-state index contributed by atoms with van der Waals surface area (Å²) in [4.78, 5) is 18.6. The van der Waals surface area contributed by atoms with Gasteiger partial charge in [-0.2, -0.15) is 0 Å². The first kappa shape index (κ1) is 19.2. The Hall–Kier alpha value is -2.12. The standard InChI is InChI=1S/C17H31N7O/c1-4-18-17(20-13-15-22-21-14(2)23(15)3)19-10-8-12-24-11-7-5-6-9-16(24)25/h4-13H2,1-3H3,(H2,18,19,20). The largest absolute Gasteiger partial charge is 0.357 e. The molecule has 0 saturated carbocycles. The number of hydrogen-bond donors (Lipinski definition) is 2. The van der Waals surface area contributed by atoms with Crippen molar-refractivity contribution in [3.05, 3.63) is 11.6 Å². The fourth-order valence-corrected chi connectivity index (χ4v) is 2.83. The summed E-state index contributed by atoms with van der Waals surface area (Å²) in [6.45, 7) is 7.75. The van der Waals surface area contributed by atoms with Crippen LogP contribution in [0.25, 0.3) is 0 Å². The molecule has 0 bridgehead atoms. The van der Waals surface area contributed by atoms with E-state index in [1.165, 1.54) is 6.42 Å². The molecule has 1 aliphatic heterocycles. The molecule has 8 nitrogen and oxygen atoms in total. The summed E-state index contributed by atoms with van der Waals surface area (Å²) in [6, 6.07) is 0. The zero-order valence-electron chi connectivity index (χ0n) is 15.7. The lowest BCUT2D eigenvalue weighted by Gasteiger charge is -2.20. The fraction of sp³-hybridized carbons (Fsp3) is 0.765. The molecular formula is C17H31N7O. The van der Waals surface area contributed by atoms with E-state index in [1.54, 1.807) is 0 Å². The normalized spacial score (nSPS) is 16.0. The molecule has 25 heavy (non-hydrogen) atoms. The second-order valence-electron chi connectivity index (χ2n) is 6.39. The van der Waals surface area contributed by atoms with Gasteiger partial charge >= 0.3 is 0 Å². The Morgan fingerprint density at radius 3 is 2.80 bits per heavy atom. The number of guanidine groups is 1. The Balaban J connectivity index is 1.77. The molecule has 0 spiro atoms. The molecule has 2 N–H and O–H groups in total. The minimum absolute atomic E-state index is 0.302. The third-order valence-corrected chi connectivity index (χ3v) is 4.47. The number of carbonyl (C=O) groups is 1. The van der Waals surface area contributed by atoms with Crippen LogP contribution >= 0.6 is 0 Å². The Kier molecular flexibility index (Phi) is 7.69. The molecule has 2 rings (SSSR count). The van der Waals surface area contributed by atoms with Crippen LogP contribution < -0.4 is 10.6 Å². The van der Waals surface area contributed by atoms with Crippen LogP contribution in [0.1, 0.15) is 50.7 Å². The van der Waals surface area contributed by atoms with Gasteiger partial charge in [-0.3, -0.25) is 4.79 Å². The van der Waals surface area contributed by atoms with Gasteiger partial charge in [0.1, 0.15) is 12.4 Å². The summed E-state index contributed by atoms with van der Waals surface area (Å²) in [5.74, 6) is 2.79. The number of carbonyl (C=O) groups excluding carboxylic acids is 1. The van der Waals surface area contributed by atoms with Crippen LogP contribution in [-0.2, 0) is 18.4 Å². The van der Waals surface area contributed by atoms with Gasteiger partial charge in [-0.25, -0.2) is 4.99 Å². The second kappa shape index (κ2) is 10.0. The highest BCUT2D eigenvalue weighted by atomic mass is 16.2. The van der Waals surface area contributed by atoms with E-state index in [9.17, 15) is 4.79 Å². The third kappa shape index (κ3) is 6.03. The van der Waals surface area contributed by atoms with Crippen molar-refractivity contribution in [1.29, 1.82) is 0 Å². The van der Waals surface area contributed by atoms with E-state index in [0.717, 1.165) is 63.0 Å². The molecule has 1 aromatic rings. The Morgan fingerprint density at radius 2 is 2.08 bits per heavy atom. The summed E-state index contributed by atoms with van der Waals surface area (Å²) in [7, 11) is 1.94. The van der Waals surface area contributed by atoms with Crippen molar-refractivity contribution in [2.75, 3.05) is 26.2 Å². The lowest BCUT2D eigenvalue weighted by atomic mass is 10.2. The van der Waals surface area contributed by atoms with E-state index >= 15 is 0 Å². The summed E-state index contributed by atoms with van der Waals surface area (Å²) < 4.78 is 1.94. The van der Waals surface area contributed by atoms with Gasteiger partial charge in [0.25, 0.3) is 0 Å². The van der Waals surface area contributed by atoms with Gasteiger partial charge in [0.05, 0.1) is 0 Å². The summed E-state index contributed by atoms with van der Waals surface area (Å²) in [5.41, 5.74) is 0. The molecule has 8 heteroatoms. The van der Waals surface area contributed by atoms with Crippen LogP contribution in [0.2, 0.25) is 0 Å². The minimum atomic E-state index is 0.302. The van der Waals surface area contributed by atoms with Gasteiger partial charge in [-0.15, -0.1) is 10.2 Å². The molecule has 1 amide bonds. The van der Waals surface area contributed by atoms with Crippen molar-refractivity contribution < 1.29 is 4.79 Å². The molecule has 0 aliphatic carbocycles. The van der Waals surface area contributed by atoms with Crippen LogP contribution in [0.15, 0.2) is 4.99 Å². The topological polar surface area (TPSA) is 87.4 Å². The van der Waals surface area contributed by atoms with E-state index in [1.807, 2.05) is 30.4 Å². The summed E-state index contributed by atoms with van der Waals surface area (Å²) in [5, 5.41) is 14.7. The molecule has 1 aromatic heterocycles. The highest BCUT2D eigenvalue weighted by Crippen LogP contribution is 2.11. The van der Waals surface area contributed by atoms with E-state index in [2.05, 4.69) is 25.8 Å². The first-order valence-electron chi connectivity index (χ1n) is 9.26. The van der Waals surface area contributed by atoms with Gasteiger partial charge in [-0.1, -0.05) is 6.42 Å². The molecule has 1 aliphatic rings. The lowest BCUT2D eigenvalue weighted by Crippen LogP contribution is -2.39. The number of nitrogens with one attached hydrogen (secondary N) is 2. The smallest absolute Gasteiger partial charge is 0.222 e. The Labute approximate surface area is 150 Å². The third-order valence-electron chi connectivity index (χ3n) is 4.47. The average Bonchev–Trinajstić information content (AvgIpc) is 2.79. The Morgan fingerprint density at radius 1 is 1.24 bits per heavy atom. The first-order chi connectivity index (χ1) is 12.1. The van der Waals surface area contributed by atoms with Crippen molar-refractivity contribution in [3.8, 4) is 0 Å². The summed E-state index contributed by atoms with van der Waals surface area (Å²) >= 11 is 0. The maximum atomic E-state index is 12.0. The predicted octanol–water partition coefficient (Wildman–Crippen LogP) is 0.971. The molecule has 0 unspecified atom stereocenters. The number of rotatable bonds is 7. The van der Waals surface area contributed by atoms with Crippen LogP contribution in [0.5, 0.6) is 0 Å². The van der Waals surface area contributed by atoms with E-state index in [4.69, 9.17) is 0 Å². The fourth-order valence-electron chi connectivity index (χ4n) is 2.83. The minimum Gasteiger partial charge on any atom is -0.357 e. The molecule has 0 aromatic carbocycles. The first-order valence-corrected chi connectivity index (χ1v) is 9.26. The van der Waals surface area contributed by atoms with Gasteiger partial charge in [0, 0.05) is 39.6 Å². The zero-order valence-corrected chi connectivity index (χ0v) is 15.7. The average molecular weight is 349 g/mol. The van der Waals surface area contributed by atoms with Gasteiger partial charge in [0.2, 0.25) is 5.91 Å². The molecule has 1 saturated heterocycles. The van der Waals surface area contributed by atoms with Crippen LogP contribution in [-0.4, -0.2) is 57.7 Å². The SMILES string of the molecule is CCNC(=NCc1nnc(C)n1C)NCCCN1CCCCCC1=O. The highest BCUT2D eigenvalue weighted by Gasteiger charge is 2.15. The van der Waals surface area contributed by atoms with Gasteiger partial charge < -0.3 is 20.1 Å². The van der Waals surface area contributed by atoms with E-state index in [-0.39, 0.29) is 0 Å². The molecule has 1 fully saturated rings. The number of amides is 1. The van der Waals surface area contributed by atoms with E-state index < -0.39 is 0 Å². The number of aryl methyl sites for hydroxylation is 1. The number of nitrogens with zero attached hydrogens (tertiary/aromatic N) is 5. The second-order valence-corrected chi connectivity index (χ2v) is 6.39. The maximum Gasteiger partial charge on any atom is 0.222 e. The molecule has 140 valence electrons. The van der Waals surface area contributed by atoms with Gasteiger partial charge in [0.15, 0.2) is 11.8 Å². The van der Waals surface area contributed by atoms with Gasteiger partial charge in [-0.05, 0) is 33.1 Å². The van der Waals surface area contributed by atoms with Crippen LogP contribution in [0.3, 0.4) is 0 Å². The quantitative estimate of drug-likeness (QED) is 0.435. The van der Waals surface area contributed by atoms with Crippen molar-refractivity contribution >= 4 is 11.9 Å². The lowest BCUT2D eigenvalue weighted by molar-refractivity contribution is -0.130. The highest BCUT2D eigenvalue weighted by molar-refractivity contribution is 5.79. The molecular weight excluding hydrogens is 318 g/mol. The maximum absolute atomic E-state index is 12.0. The van der Waals surface area contributed by atoms with Crippen molar-refractivity contribution in [2.45, 2.75) is 52.5 Å². The predicted molar refractivity (Wildman–Crippen MR) is 98.2 cm³/mol. The molecule has 0 radical (unpaired) electrons. The zero-order chi connectivity index (χ0) is 18.1. The van der Waals surface area contributed by atoms with Crippen molar-refractivity contribution in [2.24, 2.45) is 12.0 Å². The number of hydrogen-bond acceptors (Lipinski definition) is 4. The Bertz CT molecular complexity index is 582. The van der Waals surface area contributed by atoms with E-state index in [0.29, 0.717) is 18.9 Å². The van der Waals surface area contributed by atoms with Crippen molar-refractivity contribution in [3.63, 3.8) is 0 Å². The molecule has 0 atom stereocenters. The van der Waals surface area contributed by atoms with Crippen molar-refractivity contribution in [1.82, 2.24) is 30.3 Å². The number of aromatic nitrogens is 3. The summed E-state index contributed by atoms with van der Waals surface area (Å²) in [6.07, 6.45) is 4.94. The molecule has 2 heterocycles.